The van der Waals surface area contributed by atoms with E-state index in [1.54, 1.807) is 0 Å². The van der Waals surface area contributed by atoms with Crippen molar-refractivity contribution in [1.29, 1.82) is 0 Å². The van der Waals surface area contributed by atoms with Crippen LogP contribution in [0, 0.1) is 0 Å². The minimum absolute atomic E-state index is 0.0625. The molecule has 4 nitrogen and oxygen atoms in total. The monoisotopic (exact) mass is 370 g/mol. The van der Waals surface area contributed by atoms with E-state index in [0.29, 0.717) is 12.3 Å². The van der Waals surface area contributed by atoms with Gasteiger partial charge in [-0.2, -0.15) is 0 Å². The van der Waals surface area contributed by atoms with Crippen molar-refractivity contribution >= 4 is 11.8 Å². The molecule has 1 saturated carbocycles. The summed E-state index contributed by atoms with van der Waals surface area (Å²) in [5.74, 6) is 0.0625. The third-order valence-corrected chi connectivity index (χ3v) is 5.84. The predicted octanol–water partition coefficient (Wildman–Crippen LogP) is 5.00. The van der Waals surface area contributed by atoms with Crippen molar-refractivity contribution in [1.82, 2.24) is 0 Å². The van der Waals surface area contributed by atoms with Crippen molar-refractivity contribution < 1.29 is 9.53 Å². The van der Waals surface area contributed by atoms with Crippen molar-refractivity contribution in [2.75, 3.05) is 11.9 Å². The molecule has 0 radical (unpaired) electrons. The third kappa shape index (κ3) is 2.96. The topological polar surface area (TPSA) is 64.3 Å². The molecule has 5 rings (SSSR count). The molecule has 0 heterocycles. The zero-order valence-electron chi connectivity index (χ0n) is 15.5. The Labute approximate surface area is 164 Å². The van der Waals surface area contributed by atoms with Gasteiger partial charge < -0.3 is 10.5 Å². The Morgan fingerprint density at radius 1 is 0.929 bits per heavy atom. The van der Waals surface area contributed by atoms with E-state index in [0.717, 1.165) is 18.4 Å². The zero-order valence-corrected chi connectivity index (χ0v) is 15.5. The number of hydrogen-bond donors (Lipinski definition) is 2. The number of rotatable bonds is 4. The van der Waals surface area contributed by atoms with Crippen LogP contribution in [0.5, 0.6) is 0 Å². The first kappa shape index (κ1) is 17.0. The number of benzene rings is 3. The van der Waals surface area contributed by atoms with E-state index in [4.69, 9.17) is 10.5 Å². The highest BCUT2D eigenvalue weighted by Crippen LogP contribution is 2.44. The lowest BCUT2D eigenvalue weighted by molar-refractivity contribution is 0.158. The number of ether oxygens (including phenoxy) is 1. The van der Waals surface area contributed by atoms with E-state index in [2.05, 4.69) is 29.6 Å². The van der Waals surface area contributed by atoms with Gasteiger partial charge in [0.1, 0.15) is 6.61 Å². The molecule has 0 aliphatic heterocycles. The van der Waals surface area contributed by atoms with Crippen molar-refractivity contribution in [2.24, 2.45) is 5.73 Å². The number of carbonyl (C=O) groups excluding carboxylic acids is 1. The highest BCUT2D eigenvalue weighted by atomic mass is 16.5. The third-order valence-electron chi connectivity index (χ3n) is 5.84. The number of hydrogen-bond acceptors (Lipinski definition) is 3. The van der Waals surface area contributed by atoms with Crippen LogP contribution in [0.25, 0.3) is 11.1 Å². The molecule has 0 spiro atoms. The standard InChI is InChI=1S/C24H22N2O2/c25-24(13-14-24)16-9-11-17(12-10-16)26-23(27)28-15-22-20-7-3-1-5-18(20)19-6-2-4-8-21(19)22/h1-12,22H,13-15,25H2,(H,26,27). The Morgan fingerprint density at radius 3 is 2.07 bits per heavy atom. The Kier molecular flexibility index (Phi) is 3.95. The summed E-state index contributed by atoms with van der Waals surface area (Å²) in [5, 5.41) is 2.81. The summed E-state index contributed by atoms with van der Waals surface area (Å²) < 4.78 is 5.58. The highest BCUT2D eigenvalue weighted by molar-refractivity contribution is 5.85. The van der Waals surface area contributed by atoms with E-state index >= 15 is 0 Å². The van der Waals surface area contributed by atoms with Gasteiger partial charge in [0.15, 0.2) is 0 Å². The maximum atomic E-state index is 12.3. The average Bonchev–Trinajstić information content (AvgIpc) is 3.39. The van der Waals surface area contributed by atoms with E-state index < -0.39 is 6.09 Å². The number of amides is 1. The van der Waals surface area contributed by atoms with Gasteiger partial charge in [-0.1, -0.05) is 60.7 Å². The van der Waals surface area contributed by atoms with Gasteiger partial charge in [-0.15, -0.1) is 0 Å². The van der Waals surface area contributed by atoms with Crippen LogP contribution in [0.3, 0.4) is 0 Å². The summed E-state index contributed by atoms with van der Waals surface area (Å²) in [6.45, 7) is 0.309. The molecular formula is C24H22N2O2. The minimum Gasteiger partial charge on any atom is -0.448 e. The van der Waals surface area contributed by atoms with Crippen LogP contribution in [-0.2, 0) is 10.3 Å². The SMILES string of the molecule is NC1(c2ccc(NC(=O)OCC3c4ccccc4-c4ccccc43)cc2)CC1. The van der Waals surface area contributed by atoms with E-state index in [1.165, 1.54) is 22.3 Å². The molecule has 140 valence electrons. The number of nitrogens with one attached hydrogen (secondary N) is 1. The number of nitrogens with two attached hydrogens (primary N) is 1. The molecule has 28 heavy (non-hydrogen) atoms. The van der Waals surface area contributed by atoms with Crippen molar-refractivity contribution in [3.8, 4) is 11.1 Å². The van der Waals surface area contributed by atoms with Gasteiger partial charge in [-0.25, -0.2) is 4.79 Å². The Bertz CT molecular complexity index is 993. The Balaban J connectivity index is 1.27. The van der Waals surface area contributed by atoms with Crippen molar-refractivity contribution in [3.63, 3.8) is 0 Å². The maximum Gasteiger partial charge on any atom is 0.411 e. The van der Waals surface area contributed by atoms with Gasteiger partial charge in [-0.3, -0.25) is 5.32 Å². The number of anilines is 1. The highest BCUT2D eigenvalue weighted by Gasteiger charge is 2.39. The molecule has 4 heteroatoms. The fourth-order valence-corrected chi connectivity index (χ4v) is 4.06. The minimum atomic E-state index is -0.441. The maximum absolute atomic E-state index is 12.3. The summed E-state index contributed by atoms with van der Waals surface area (Å²) in [6.07, 6.45) is 1.60. The fourth-order valence-electron chi connectivity index (χ4n) is 4.06. The summed E-state index contributed by atoms with van der Waals surface area (Å²) in [6, 6.07) is 24.3. The first-order valence-corrected chi connectivity index (χ1v) is 9.65. The lowest BCUT2D eigenvalue weighted by atomic mass is 9.98. The fraction of sp³-hybridized carbons (Fsp3) is 0.208. The van der Waals surface area contributed by atoms with Crippen molar-refractivity contribution in [2.45, 2.75) is 24.3 Å². The molecule has 3 aromatic carbocycles. The largest absolute Gasteiger partial charge is 0.448 e. The Hall–Kier alpha value is -3.11. The van der Waals surface area contributed by atoms with Crippen molar-refractivity contribution in [3.05, 3.63) is 89.5 Å². The van der Waals surface area contributed by atoms with Crippen LogP contribution in [0.2, 0.25) is 0 Å². The second-order valence-corrected chi connectivity index (χ2v) is 7.68. The molecule has 3 aromatic rings. The van der Waals surface area contributed by atoms with Gasteiger partial charge in [0.05, 0.1) is 0 Å². The van der Waals surface area contributed by atoms with Gasteiger partial charge >= 0.3 is 6.09 Å². The van der Waals surface area contributed by atoms with Crippen LogP contribution in [-0.4, -0.2) is 12.7 Å². The molecule has 1 amide bonds. The van der Waals surface area contributed by atoms with Crippen LogP contribution in [0.15, 0.2) is 72.8 Å². The molecule has 1 fully saturated rings. The number of fused-ring (bicyclic) bond motifs is 3. The molecule has 2 aliphatic carbocycles. The summed E-state index contributed by atoms with van der Waals surface area (Å²) in [5.41, 5.74) is 12.7. The summed E-state index contributed by atoms with van der Waals surface area (Å²) in [4.78, 5) is 12.3. The van der Waals surface area contributed by atoms with E-state index in [-0.39, 0.29) is 11.5 Å². The molecular weight excluding hydrogens is 348 g/mol. The van der Waals surface area contributed by atoms with Crippen LogP contribution < -0.4 is 11.1 Å². The summed E-state index contributed by atoms with van der Waals surface area (Å²) in [7, 11) is 0. The molecule has 3 N–H and O–H groups in total. The second-order valence-electron chi connectivity index (χ2n) is 7.68. The number of carbonyl (C=O) groups is 1. The van der Waals surface area contributed by atoms with Gasteiger partial charge in [0.25, 0.3) is 0 Å². The zero-order chi connectivity index (χ0) is 19.1. The van der Waals surface area contributed by atoms with Gasteiger partial charge in [-0.05, 0) is 52.8 Å². The molecule has 0 atom stereocenters. The molecule has 2 aliphatic rings. The Morgan fingerprint density at radius 2 is 1.50 bits per heavy atom. The van der Waals surface area contributed by atoms with Crippen LogP contribution in [0.1, 0.15) is 35.4 Å². The smallest absolute Gasteiger partial charge is 0.411 e. The molecule has 0 saturated heterocycles. The van der Waals surface area contributed by atoms with Gasteiger partial charge in [0, 0.05) is 17.1 Å². The predicted molar refractivity (Wildman–Crippen MR) is 110 cm³/mol. The summed E-state index contributed by atoms with van der Waals surface area (Å²) >= 11 is 0. The second kappa shape index (κ2) is 6.50. The van der Waals surface area contributed by atoms with Crippen LogP contribution in [0.4, 0.5) is 10.5 Å². The van der Waals surface area contributed by atoms with Crippen LogP contribution >= 0.6 is 0 Å². The lowest BCUT2D eigenvalue weighted by Gasteiger charge is -2.15. The quantitative estimate of drug-likeness (QED) is 0.680. The molecule has 0 unspecified atom stereocenters. The molecule has 0 bridgehead atoms. The van der Waals surface area contributed by atoms with E-state index in [9.17, 15) is 4.79 Å². The average molecular weight is 370 g/mol. The van der Waals surface area contributed by atoms with Gasteiger partial charge in [0.2, 0.25) is 0 Å². The normalized spacial score (nSPS) is 16.2. The molecule has 0 aromatic heterocycles. The first-order valence-electron chi connectivity index (χ1n) is 9.65. The van der Waals surface area contributed by atoms with E-state index in [1.807, 2.05) is 48.5 Å². The lowest BCUT2D eigenvalue weighted by Crippen LogP contribution is -2.19. The first-order chi connectivity index (χ1) is 13.6.